The summed E-state index contributed by atoms with van der Waals surface area (Å²) in [6.07, 6.45) is 5.46. The van der Waals surface area contributed by atoms with Crippen LogP contribution in [0.1, 0.15) is 22.5 Å². The lowest BCUT2D eigenvalue weighted by molar-refractivity contribution is -0.126. The average Bonchev–Trinajstić information content (AvgIpc) is 3.20. The lowest BCUT2D eigenvalue weighted by Gasteiger charge is -2.27. The Hall–Kier alpha value is -3.54. The molecule has 4 rings (SSSR count). The third-order valence-electron chi connectivity index (χ3n) is 5.58. The van der Waals surface area contributed by atoms with Crippen molar-refractivity contribution in [3.05, 3.63) is 84.4 Å². The molecule has 6 nitrogen and oxygen atoms in total. The van der Waals surface area contributed by atoms with Gasteiger partial charge in [0.1, 0.15) is 5.69 Å². The predicted molar refractivity (Wildman–Crippen MR) is 110 cm³/mol. The van der Waals surface area contributed by atoms with Gasteiger partial charge in [-0.1, -0.05) is 54.6 Å². The third-order valence-corrected chi connectivity index (χ3v) is 5.58. The fraction of sp³-hybridized carbons (Fsp3) is 0.217. The Kier molecular flexibility index (Phi) is 5.08. The Bertz CT molecular complexity index is 1020. The van der Waals surface area contributed by atoms with Crippen LogP contribution < -0.4 is 5.73 Å². The molecule has 1 saturated heterocycles. The molecule has 6 heteroatoms. The number of nitrogens with two attached hydrogens (primary N) is 1. The van der Waals surface area contributed by atoms with Crippen LogP contribution in [0.3, 0.4) is 0 Å². The van der Waals surface area contributed by atoms with Crippen LogP contribution in [-0.2, 0) is 11.2 Å². The molecular formula is C23H22N4O2. The number of amides is 2. The fourth-order valence-electron chi connectivity index (χ4n) is 3.99. The molecule has 0 radical (unpaired) electrons. The molecule has 2 N–H and O–H groups in total. The van der Waals surface area contributed by atoms with Gasteiger partial charge in [0, 0.05) is 25.5 Å². The average molecular weight is 386 g/mol. The van der Waals surface area contributed by atoms with Gasteiger partial charge in [-0.15, -0.1) is 0 Å². The summed E-state index contributed by atoms with van der Waals surface area (Å²) in [6.45, 7) is 0.743. The molecule has 0 saturated carbocycles. The molecule has 0 spiro atoms. The number of primary amides is 1. The van der Waals surface area contributed by atoms with Crippen LogP contribution in [0, 0.1) is 5.41 Å². The first-order valence-corrected chi connectivity index (χ1v) is 9.58. The van der Waals surface area contributed by atoms with Crippen molar-refractivity contribution in [3.8, 4) is 11.1 Å². The van der Waals surface area contributed by atoms with E-state index in [9.17, 15) is 9.59 Å². The first kappa shape index (κ1) is 18.8. The standard InChI is InChI=1S/C23H22N4O2/c24-22(29)23(10-13-27(16-23)21(28)20-15-25-11-12-26-20)14-18-8-4-5-9-19(18)17-6-2-1-3-7-17/h1-9,11-12,15H,10,13-14,16H2,(H2,24,29). The van der Waals surface area contributed by atoms with Crippen LogP contribution in [-0.4, -0.2) is 39.8 Å². The third kappa shape index (κ3) is 3.74. The number of carbonyl (C=O) groups is 2. The summed E-state index contributed by atoms with van der Waals surface area (Å²) in [4.78, 5) is 35.0. The van der Waals surface area contributed by atoms with Gasteiger partial charge >= 0.3 is 0 Å². The molecule has 2 heterocycles. The van der Waals surface area contributed by atoms with Crippen molar-refractivity contribution < 1.29 is 9.59 Å². The number of rotatable bonds is 5. The summed E-state index contributed by atoms with van der Waals surface area (Å²) >= 11 is 0. The van der Waals surface area contributed by atoms with E-state index in [1.807, 2.05) is 48.5 Å². The van der Waals surface area contributed by atoms with Gasteiger partial charge in [-0.25, -0.2) is 4.98 Å². The Morgan fingerprint density at radius 3 is 2.52 bits per heavy atom. The minimum Gasteiger partial charge on any atom is -0.369 e. The van der Waals surface area contributed by atoms with E-state index in [0.29, 0.717) is 19.4 Å². The maximum absolute atomic E-state index is 12.8. The highest BCUT2D eigenvalue weighted by atomic mass is 16.2. The number of benzene rings is 2. The molecule has 146 valence electrons. The van der Waals surface area contributed by atoms with Crippen molar-refractivity contribution in [2.75, 3.05) is 13.1 Å². The molecule has 2 amide bonds. The number of likely N-dealkylation sites (tertiary alicyclic amines) is 1. The molecular weight excluding hydrogens is 364 g/mol. The maximum Gasteiger partial charge on any atom is 0.274 e. The highest BCUT2D eigenvalue weighted by Gasteiger charge is 2.45. The maximum atomic E-state index is 12.8. The van der Waals surface area contributed by atoms with Crippen LogP contribution >= 0.6 is 0 Å². The van der Waals surface area contributed by atoms with E-state index in [1.165, 1.54) is 18.6 Å². The van der Waals surface area contributed by atoms with Crippen LogP contribution in [0.15, 0.2) is 73.2 Å². The van der Waals surface area contributed by atoms with E-state index in [2.05, 4.69) is 16.0 Å². The highest BCUT2D eigenvalue weighted by Crippen LogP contribution is 2.37. The number of hydrogen-bond acceptors (Lipinski definition) is 4. The summed E-state index contributed by atoms with van der Waals surface area (Å²) in [5.41, 5.74) is 8.55. The number of aromatic nitrogens is 2. The summed E-state index contributed by atoms with van der Waals surface area (Å²) in [5, 5.41) is 0. The second kappa shape index (κ2) is 7.83. The molecule has 1 aliphatic rings. The number of carbonyl (C=O) groups excluding carboxylic acids is 2. The first-order chi connectivity index (χ1) is 14.1. The van der Waals surface area contributed by atoms with Crippen molar-refractivity contribution in [1.29, 1.82) is 0 Å². The molecule has 1 aromatic heterocycles. The molecule has 0 bridgehead atoms. The molecule has 1 unspecified atom stereocenters. The minimum atomic E-state index is -0.803. The summed E-state index contributed by atoms with van der Waals surface area (Å²) < 4.78 is 0. The molecule has 3 aromatic rings. The Morgan fingerprint density at radius 1 is 1.03 bits per heavy atom. The van der Waals surface area contributed by atoms with Gasteiger partial charge in [-0.05, 0) is 29.5 Å². The van der Waals surface area contributed by atoms with E-state index < -0.39 is 5.41 Å². The Morgan fingerprint density at radius 2 is 1.79 bits per heavy atom. The largest absolute Gasteiger partial charge is 0.369 e. The van der Waals surface area contributed by atoms with E-state index >= 15 is 0 Å². The fourth-order valence-corrected chi connectivity index (χ4v) is 3.99. The van der Waals surface area contributed by atoms with Crippen LogP contribution in [0.2, 0.25) is 0 Å². The van der Waals surface area contributed by atoms with Crippen LogP contribution in [0.5, 0.6) is 0 Å². The smallest absolute Gasteiger partial charge is 0.274 e. The second-order valence-corrected chi connectivity index (χ2v) is 7.41. The molecule has 1 fully saturated rings. The van der Waals surface area contributed by atoms with Gasteiger partial charge < -0.3 is 10.6 Å². The zero-order valence-corrected chi connectivity index (χ0v) is 16.0. The monoisotopic (exact) mass is 386 g/mol. The SMILES string of the molecule is NC(=O)C1(Cc2ccccc2-c2ccccc2)CCN(C(=O)c2cnccn2)C1. The zero-order valence-electron chi connectivity index (χ0n) is 16.0. The van der Waals surface area contributed by atoms with Gasteiger partial charge in [-0.2, -0.15) is 0 Å². The normalized spacial score (nSPS) is 18.6. The molecule has 0 aliphatic carbocycles. The van der Waals surface area contributed by atoms with Crippen molar-refractivity contribution in [3.63, 3.8) is 0 Å². The van der Waals surface area contributed by atoms with Gasteiger partial charge in [0.15, 0.2) is 0 Å². The number of hydrogen-bond donors (Lipinski definition) is 1. The van der Waals surface area contributed by atoms with Crippen LogP contribution in [0.4, 0.5) is 0 Å². The van der Waals surface area contributed by atoms with Gasteiger partial charge in [-0.3, -0.25) is 14.6 Å². The summed E-state index contributed by atoms with van der Waals surface area (Å²) in [6, 6.07) is 18.1. The quantitative estimate of drug-likeness (QED) is 0.730. The van der Waals surface area contributed by atoms with Crippen molar-refractivity contribution >= 4 is 11.8 Å². The Labute approximate surface area is 169 Å². The Balaban J connectivity index is 1.62. The molecule has 1 atom stereocenters. The lowest BCUT2D eigenvalue weighted by atomic mass is 9.78. The zero-order chi connectivity index (χ0) is 20.3. The summed E-state index contributed by atoms with van der Waals surface area (Å²) in [5.74, 6) is -0.604. The lowest BCUT2D eigenvalue weighted by Crippen LogP contribution is -2.42. The van der Waals surface area contributed by atoms with E-state index in [-0.39, 0.29) is 24.1 Å². The van der Waals surface area contributed by atoms with Gasteiger partial charge in [0.05, 0.1) is 11.6 Å². The van der Waals surface area contributed by atoms with Crippen molar-refractivity contribution in [2.24, 2.45) is 11.1 Å². The van der Waals surface area contributed by atoms with Crippen molar-refractivity contribution in [1.82, 2.24) is 14.9 Å². The molecule has 1 aliphatic heterocycles. The van der Waals surface area contributed by atoms with Gasteiger partial charge in [0.2, 0.25) is 5.91 Å². The molecule has 29 heavy (non-hydrogen) atoms. The topological polar surface area (TPSA) is 89.2 Å². The van der Waals surface area contributed by atoms with Crippen LogP contribution in [0.25, 0.3) is 11.1 Å². The second-order valence-electron chi connectivity index (χ2n) is 7.41. The number of nitrogens with zero attached hydrogens (tertiary/aromatic N) is 3. The van der Waals surface area contributed by atoms with E-state index in [4.69, 9.17) is 5.73 Å². The van der Waals surface area contributed by atoms with E-state index in [1.54, 1.807) is 4.90 Å². The predicted octanol–water partition coefficient (Wildman–Crippen LogP) is 2.70. The minimum absolute atomic E-state index is 0.224. The van der Waals surface area contributed by atoms with Gasteiger partial charge in [0.25, 0.3) is 5.91 Å². The summed E-state index contributed by atoms with van der Waals surface area (Å²) in [7, 11) is 0. The van der Waals surface area contributed by atoms with Crippen molar-refractivity contribution in [2.45, 2.75) is 12.8 Å². The van der Waals surface area contributed by atoms with E-state index in [0.717, 1.165) is 16.7 Å². The highest BCUT2D eigenvalue weighted by molar-refractivity contribution is 5.93. The molecule has 2 aromatic carbocycles. The first-order valence-electron chi connectivity index (χ1n) is 9.58.